The van der Waals surface area contributed by atoms with Crippen LogP contribution in [-0.2, 0) is 0 Å². The number of H-pyrrole nitrogens is 1. The zero-order valence-corrected chi connectivity index (χ0v) is 10.0. The lowest BCUT2D eigenvalue weighted by atomic mass is 10.1. The molecule has 0 aliphatic rings. The minimum Gasteiger partial charge on any atom is -0.477 e. The van der Waals surface area contributed by atoms with E-state index in [1.165, 1.54) is 6.07 Å². The minimum absolute atomic E-state index is 0.280. The number of aromatic nitrogens is 2. The van der Waals surface area contributed by atoms with Gasteiger partial charge in [-0.2, -0.15) is 0 Å². The molecular weight excluding hydrogens is 232 g/mol. The number of hydrogen-bond acceptors (Lipinski definition) is 3. The fraction of sp³-hybridized carbons (Fsp3) is 0.154. The largest absolute Gasteiger partial charge is 0.477 e. The Morgan fingerprint density at radius 3 is 2.61 bits per heavy atom. The Balaban J connectivity index is 2.64. The Labute approximate surface area is 103 Å². The number of nitrogens with zero attached hydrogens (tertiary/aromatic N) is 1. The Bertz CT molecular complexity index is 657. The van der Waals surface area contributed by atoms with Gasteiger partial charge in [0.1, 0.15) is 5.56 Å². The molecule has 0 spiro atoms. The van der Waals surface area contributed by atoms with Crippen molar-refractivity contribution in [3.05, 3.63) is 51.6 Å². The number of carboxylic acid groups (broad SMARTS) is 1. The second-order valence-electron chi connectivity index (χ2n) is 4.08. The second kappa shape index (κ2) is 4.44. The summed E-state index contributed by atoms with van der Waals surface area (Å²) < 4.78 is 0. The maximum absolute atomic E-state index is 11.5. The van der Waals surface area contributed by atoms with Gasteiger partial charge in [-0.15, -0.1) is 0 Å². The van der Waals surface area contributed by atoms with Crippen LogP contribution in [0.4, 0.5) is 0 Å². The molecule has 2 heterocycles. The SMILES string of the molecule is Cc1ccc(-c2cc(C(=O)O)c(=O)[nH]c2C)nc1. The van der Waals surface area contributed by atoms with Crippen LogP contribution in [-0.4, -0.2) is 21.0 Å². The van der Waals surface area contributed by atoms with E-state index in [0.29, 0.717) is 17.0 Å². The fourth-order valence-electron chi connectivity index (χ4n) is 1.68. The molecule has 0 amide bonds. The van der Waals surface area contributed by atoms with Crippen LogP contribution in [0, 0.1) is 13.8 Å². The number of hydrogen-bond donors (Lipinski definition) is 2. The Morgan fingerprint density at radius 2 is 2.06 bits per heavy atom. The third-order valence-corrected chi connectivity index (χ3v) is 2.66. The molecule has 0 bridgehead atoms. The van der Waals surface area contributed by atoms with E-state index in [0.717, 1.165) is 5.56 Å². The van der Waals surface area contributed by atoms with Gasteiger partial charge >= 0.3 is 5.97 Å². The van der Waals surface area contributed by atoms with Crippen molar-refractivity contribution in [3.63, 3.8) is 0 Å². The van der Waals surface area contributed by atoms with Crippen LogP contribution in [0.3, 0.4) is 0 Å². The molecule has 0 aromatic carbocycles. The molecule has 2 rings (SSSR count). The highest BCUT2D eigenvalue weighted by molar-refractivity contribution is 5.88. The lowest BCUT2D eigenvalue weighted by Crippen LogP contribution is -2.18. The maximum Gasteiger partial charge on any atom is 0.341 e. The van der Waals surface area contributed by atoms with Crippen molar-refractivity contribution in [2.45, 2.75) is 13.8 Å². The third-order valence-electron chi connectivity index (χ3n) is 2.66. The van der Waals surface area contributed by atoms with E-state index in [-0.39, 0.29) is 5.56 Å². The lowest BCUT2D eigenvalue weighted by molar-refractivity contribution is 0.0695. The van der Waals surface area contributed by atoms with Crippen LogP contribution >= 0.6 is 0 Å². The molecule has 0 saturated heterocycles. The van der Waals surface area contributed by atoms with Gasteiger partial charge in [0.2, 0.25) is 0 Å². The van der Waals surface area contributed by atoms with Crippen molar-refractivity contribution in [2.75, 3.05) is 0 Å². The van der Waals surface area contributed by atoms with Gasteiger partial charge in [0.05, 0.1) is 5.69 Å². The molecule has 2 N–H and O–H groups in total. The number of pyridine rings is 2. The summed E-state index contributed by atoms with van der Waals surface area (Å²) in [6, 6.07) is 5.03. The standard InChI is InChI=1S/C13H12N2O3/c1-7-3-4-11(14-6-7)9-5-10(13(17)18)12(16)15-8(9)2/h3-6H,1-2H3,(H,15,16)(H,17,18). The van der Waals surface area contributed by atoms with Crippen molar-refractivity contribution >= 4 is 5.97 Å². The Morgan fingerprint density at radius 1 is 1.33 bits per heavy atom. The van der Waals surface area contributed by atoms with Crippen molar-refractivity contribution in [1.29, 1.82) is 0 Å². The van der Waals surface area contributed by atoms with Crippen molar-refractivity contribution in [3.8, 4) is 11.3 Å². The summed E-state index contributed by atoms with van der Waals surface area (Å²) in [6.45, 7) is 3.63. The molecule has 0 saturated carbocycles. The summed E-state index contributed by atoms with van der Waals surface area (Å²) in [5.74, 6) is -1.25. The first-order valence-electron chi connectivity index (χ1n) is 5.39. The van der Waals surface area contributed by atoms with Gasteiger partial charge in [-0.05, 0) is 31.5 Å². The van der Waals surface area contributed by atoms with Gasteiger partial charge < -0.3 is 10.1 Å². The second-order valence-corrected chi connectivity index (χ2v) is 4.08. The molecule has 0 aliphatic heterocycles. The highest BCUT2D eigenvalue weighted by Gasteiger charge is 2.13. The van der Waals surface area contributed by atoms with E-state index in [2.05, 4.69) is 9.97 Å². The number of aromatic amines is 1. The van der Waals surface area contributed by atoms with E-state index < -0.39 is 11.5 Å². The van der Waals surface area contributed by atoms with Gasteiger partial charge in [0.25, 0.3) is 5.56 Å². The van der Waals surface area contributed by atoms with Crippen LogP contribution in [0.15, 0.2) is 29.2 Å². The predicted octanol–water partition coefficient (Wildman–Crippen LogP) is 1.75. The average Bonchev–Trinajstić information content (AvgIpc) is 2.30. The molecule has 2 aromatic rings. The molecular formula is C13H12N2O3. The number of aryl methyl sites for hydroxylation is 2. The number of nitrogens with one attached hydrogen (secondary N) is 1. The van der Waals surface area contributed by atoms with Crippen LogP contribution in [0.2, 0.25) is 0 Å². The van der Waals surface area contributed by atoms with E-state index in [1.807, 2.05) is 13.0 Å². The van der Waals surface area contributed by atoms with Gasteiger partial charge in [-0.1, -0.05) is 6.07 Å². The average molecular weight is 244 g/mol. The third kappa shape index (κ3) is 2.15. The molecule has 0 radical (unpaired) electrons. The summed E-state index contributed by atoms with van der Waals surface area (Å²) in [4.78, 5) is 29.1. The van der Waals surface area contributed by atoms with Gasteiger partial charge in [0.15, 0.2) is 0 Å². The topological polar surface area (TPSA) is 83.0 Å². The van der Waals surface area contributed by atoms with Crippen molar-refractivity contribution < 1.29 is 9.90 Å². The molecule has 0 aliphatic carbocycles. The summed E-state index contributed by atoms with van der Waals surface area (Å²) in [5.41, 5.74) is 1.98. The van der Waals surface area contributed by atoms with Gasteiger partial charge in [-0.3, -0.25) is 9.78 Å². The Kier molecular flexibility index (Phi) is 2.97. The van der Waals surface area contributed by atoms with Crippen molar-refractivity contribution in [1.82, 2.24) is 9.97 Å². The predicted molar refractivity (Wildman–Crippen MR) is 66.7 cm³/mol. The van der Waals surface area contributed by atoms with E-state index in [4.69, 9.17) is 5.11 Å². The number of rotatable bonds is 2. The molecule has 0 unspecified atom stereocenters. The first-order chi connectivity index (χ1) is 8.49. The van der Waals surface area contributed by atoms with Crippen LogP contribution < -0.4 is 5.56 Å². The summed E-state index contributed by atoms with van der Waals surface area (Å²) >= 11 is 0. The van der Waals surface area contributed by atoms with Crippen LogP contribution in [0.25, 0.3) is 11.3 Å². The molecule has 0 fully saturated rings. The first-order valence-corrected chi connectivity index (χ1v) is 5.39. The first kappa shape index (κ1) is 12.0. The molecule has 5 nitrogen and oxygen atoms in total. The van der Waals surface area contributed by atoms with Gasteiger partial charge in [-0.25, -0.2) is 4.79 Å². The van der Waals surface area contributed by atoms with E-state index in [9.17, 15) is 9.59 Å². The Hall–Kier alpha value is -2.43. The number of carboxylic acids is 1. The molecule has 5 heteroatoms. The number of aromatic carboxylic acids is 1. The zero-order chi connectivity index (χ0) is 13.3. The van der Waals surface area contributed by atoms with Gasteiger partial charge in [0, 0.05) is 17.5 Å². The van der Waals surface area contributed by atoms with Crippen LogP contribution in [0.1, 0.15) is 21.6 Å². The smallest absolute Gasteiger partial charge is 0.341 e. The summed E-state index contributed by atoms with van der Waals surface area (Å²) in [7, 11) is 0. The van der Waals surface area contributed by atoms with E-state index >= 15 is 0 Å². The maximum atomic E-state index is 11.5. The zero-order valence-electron chi connectivity index (χ0n) is 10.0. The van der Waals surface area contributed by atoms with Crippen molar-refractivity contribution in [2.24, 2.45) is 0 Å². The number of carbonyl (C=O) groups is 1. The highest BCUT2D eigenvalue weighted by Crippen LogP contribution is 2.19. The molecule has 2 aromatic heterocycles. The normalized spacial score (nSPS) is 10.3. The summed E-state index contributed by atoms with van der Waals surface area (Å²) in [6.07, 6.45) is 1.69. The van der Waals surface area contributed by atoms with Crippen LogP contribution in [0.5, 0.6) is 0 Å². The molecule has 92 valence electrons. The highest BCUT2D eigenvalue weighted by atomic mass is 16.4. The summed E-state index contributed by atoms with van der Waals surface area (Å²) in [5, 5.41) is 8.93. The minimum atomic E-state index is -1.25. The molecule has 18 heavy (non-hydrogen) atoms. The fourth-order valence-corrected chi connectivity index (χ4v) is 1.68. The molecule has 0 atom stereocenters. The monoisotopic (exact) mass is 244 g/mol. The quantitative estimate of drug-likeness (QED) is 0.843. The van der Waals surface area contributed by atoms with E-state index in [1.54, 1.807) is 19.2 Å². The lowest BCUT2D eigenvalue weighted by Gasteiger charge is -2.06.